The number of carbonyl (C=O) groups is 2. The molecule has 0 saturated carbocycles. The molecule has 0 aromatic heterocycles. The number of hydrogen-bond donors (Lipinski definition) is 1. The van der Waals surface area contributed by atoms with Gasteiger partial charge in [-0.1, -0.05) is 12.1 Å². The van der Waals surface area contributed by atoms with Crippen LogP contribution in [0.2, 0.25) is 0 Å². The lowest BCUT2D eigenvalue weighted by molar-refractivity contribution is -0.181. The summed E-state index contributed by atoms with van der Waals surface area (Å²) >= 11 is 0. The molecule has 2 aliphatic rings. The fourth-order valence-corrected chi connectivity index (χ4v) is 4.02. The van der Waals surface area contributed by atoms with E-state index in [0.29, 0.717) is 19.0 Å². The highest BCUT2D eigenvalue weighted by Gasteiger charge is 2.52. The quantitative estimate of drug-likeness (QED) is 0.837. The van der Waals surface area contributed by atoms with E-state index in [9.17, 15) is 14.0 Å². The molecule has 1 aromatic rings. The fourth-order valence-electron chi connectivity index (χ4n) is 4.02. The molecule has 2 heterocycles. The minimum atomic E-state index is -0.445. The average Bonchev–Trinajstić information content (AvgIpc) is 2.61. The van der Waals surface area contributed by atoms with Crippen molar-refractivity contribution in [1.29, 1.82) is 0 Å². The molecular formula is C19H26FN3O3. The first-order valence-corrected chi connectivity index (χ1v) is 9.09. The minimum Gasteiger partial charge on any atom is -0.369 e. The van der Waals surface area contributed by atoms with Crippen LogP contribution in [-0.2, 0) is 9.53 Å². The SMILES string of the molecule is CO[C@H]1C(=O)N(C(C)C)[C@H]1C1CCN(C(=O)Nc2ccccc2F)CC1. The van der Waals surface area contributed by atoms with Gasteiger partial charge in [-0.25, -0.2) is 9.18 Å². The van der Waals surface area contributed by atoms with Crippen LogP contribution in [0.4, 0.5) is 14.9 Å². The van der Waals surface area contributed by atoms with Crippen LogP contribution < -0.4 is 5.32 Å². The van der Waals surface area contributed by atoms with E-state index in [0.717, 1.165) is 12.8 Å². The van der Waals surface area contributed by atoms with Gasteiger partial charge in [0, 0.05) is 26.2 Å². The highest BCUT2D eigenvalue weighted by atomic mass is 19.1. The van der Waals surface area contributed by atoms with Crippen LogP contribution in [0.3, 0.4) is 0 Å². The van der Waals surface area contributed by atoms with Gasteiger partial charge in [0.05, 0.1) is 11.7 Å². The molecule has 1 N–H and O–H groups in total. The molecule has 0 spiro atoms. The van der Waals surface area contributed by atoms with Crippen molar-refractivity contribution in [3.8, 4) is 0 Å². The molecule has 26 heavy (non-hydrogen) atoms. The van der Waals surface area contributed by atoms with Gasteiger partial charge in [0.2, 0.25) is 0 Å². The Kier molecular flexibility index (Phi) is 5.46. The molecule has 142 valence electrons. The summed E-state index contributed by atoms with van der Waals surface area (Å²) in [7, 11) is 1.57. The van der Waals surface area contributed by atoms with Crippen LogP contribution in [0, 0.1) is 11.7 Å². The third-order valence-electron chi connectivity index (χ3n) is 5.36. The Labute approximate surface area is 153 Å². The molecule has 0 aliphatic carbocycles. The molecule has 2 aliphatic heterocycles. The number of nitrogens with zero attached hydrogens (tertiary/aromatic N) is 2. The Hall–Kier alpha value is -2.15. The standard InChI is InChI=1S/C19H26FN3O3/c1-12(2)23-16(17(26-3)18(23)24)13-8-10-22(11-9-13)19(25)21-15-7-5-4-6-14(15)20/h4-7,12-13,16-17H,8-11H2,1-3H3,(H,21,25)/t16-,17+/m0/s1. The van der Waals surface area contributed by atoms with Crippen LogP contribution in [0.25, 0.3) is 0 Å². The predicted molar refractivity (Wildman–Crippen MR) is 96.3 cm³/mol. The molecule has 0 radical (unpaired) electrons. The van der Waals surface area contributed by atoms with E-state index in [2.05, 4.69) is 5.32 Å². The lowest BCUT2D eigenvalue weighted by atomic mass is 9.79. The third-order valence-corrected chi connectivity index (χ3v) is 5.36. The minimum absolute atomic E-state index is 0.0484. The van der Waals surface area contributed by atoms with E-state index in [1.165, 1.54) is 6.07 Å². The summed E-state index contributed by atoms with van der Waals surface area (Å²) < 4.78 is 19.1. The highest BCUT2D eigenvalue weighted by Crippen LogP contribution is 2.36. The Morgan fingerprint density at radius 1 is 1.27 bits per heavy atom. The van der Waals surface area contributed by atoms with Crippen molar-refractivity contribution in [3.63, 3.8) is 0 Å². The number of carbonyl (C=O) groups excluding carboxylic acids is 2. The second kappa shape index (κ2) is 7.61. The van der Waals surface area contributed by atoms with Crippen LogP contribution in [0.15, 0.2) is 24.3 Å². The monoisotopic (exact) mass is 363 g/mol. The Morgan fingerprint density at radius 3 is 2.50 bits per heavy atom. The largest absolute Gasteiger partial charge is 0.369 e. The Morgan fingerprint density at radius 2 is 1.92 bits per heavy atom. The number of methoxy groups -OCH3 is 1. The molecule has 2 fully saturated rings. The maximum absolute atomic E-state index is 13.7. The maximum atomic E-state index is 13.7. The molecular weight excluding hydrogens is 337 g/mol. The summed E-state index contributed by atoms with van der Waals surface area (Å²) in [6.45, 7) is 5.18. The number of para-hydroxylation sites is 1. The van der Waals surface area contributed by atoms with Gasteiger partial charge in [0.15, 0.2) is 6.10 Å². The zero-order valence-electron chi connectivity index (χ0n) is 15.4. The van der Waals surface area contributed by atoms with Gasteiger partial charge < -0.3 is 19.9 Å². The summed E-state index contributed by atoms with van der Waals surface area (Å²) in [5, 5.41) is 2.63. The number of β-lactam (4-membered cyclic amide) rings is 1. The van der Waals surface area contributed by atoms with Crippen molar-refractivity contribution in [2.45, 2.75) is 44.9 Å². The Balaban J connectivity index is 1.58. The van der Waals surface area contributed by atoms with Crippen LogP contribution in [0.5, 0.6) is 0 Å². The normalized spacial score (nSPS) is 24.0. The number of anilines is 1. The lowest BCUT2D eigenvalue weighted by Gasteiger charge is -2.53. The molecule has 1 aromatic carbocycles. The smallest absolute Gasteiger partial charge is 0.321 e. The fraction of sp³-hybridized carbons (Fsp3) is 0.579. The van der Waals surface area contributed by atoms with E-state index in [4.69, 9.17) is 4.74 Å². The summed E-state index contributed by atoms with van der Waals surface area (Å²) in [5.74, 6) is -0.0935. The first-order valence-electron chi connectivity index (χ1n) is 9.09. The van der Waals surface area contributed by atoms with Gasteiger partial charge in [-0.05, 0) is 44.7 Å². The van der Waals surface area contributed by atoms with Crippen molar-refractivity contribution in [1.82, 2.24) is 9.80 Å². The number of urea groups is 1. The third kappa shape index (κ3) is 3.40. The molecule has 3 rings (SSSR count). The van der Waals surface area contributed by atoms with Crippen molar-refractivity contribution < 1.29 is 18.7 Å². The van der Waals surface area contributed by atoms with Gasteiger partial charge in [-0.15, -0.1) is 0 Å². The zero-order chi connectivity index (χ0) is 18.8. The van der Waals surface area contributed by atoms with Gasteiger partial charge >= 0.3 is 6.03 Å². The second-order valence-corrected chi connectivity index (χ2v) is 7.22. The molecule has 0 unspecified atom stereocenters. The Bertz CT molecular complexity index is 674. The highest BCUT2D eigenvalue weighted by molar-refractivity contribution is 5.90. The second-order valence-electron chi connectivity index (χ2n) is 7.22. The van der Waals surface area contributed by atoms with Crippen LogP contribution >= 0.6 is 0 Å². The summed E-state index contributed by atoms with van der Waals surface area (Å²) in [4.78, 5) is 28.2. The lowest BCUT2D eigenvalue weighted by Crippen LogP contribution is -2.70. The summed E-state index contributed by atoms with van der Waals surface area (Å²) in [6.07, 6.45) is 1.22. The maximum Gasteiger partial charge on any atom is 0.321 e. The molecule has 3 amide bonds. The van der Waals surface area contributed by atoms with Gasteiger partial charge in [0.1, 0.15) is 5.82 Å². The predicted octanol–water partition coefficient (Wildman–Crippen LogP) is 2.70. The molecule has 2 saturated heterocycles. The number of piperidine rings is 1. The van der Waals surface area contributed by atoms with Crippen LogP contribution in [0.1, 0.15) is 26.7 Å². The molecule has 0 bridgehead atoms. The van der Waals surface area contributed by atoms with E-state index in [1.807, 2.05) is 18.7 Å². The van der Waals surface area contributed by atoms with E-state index in [-0.39, 0.29) is 35.8 Å². The number of hydrogen-bond acceptors (Lipinski definition) is 3. The number of likely N-dealkylation sites (tertiary alicyclic amines) is 2. The van der Waals surface area contributed by atoms with Crippen molar-refractivity contribution in [2.24, 2.45) is 5.92 Å². The molecule has 2 atom stereocenters. The number of benzene rings is 1. The van der Waals surface area contributed by atoms with Crippen molar-refractivity contribution in [2.75, 3.05) is 25.5 Å². The van der Waals surface area contributed by atoms with Gasteiger partial charge in [0.25, 0.3) is 5.91 Å². The number of amides is 3. The molecule has 7 heteroatoms. The van der Waals surface area contributed by atoms with E-state index < -0.39 is 5.82 Å². The number of halogens is 1. The summed E-state index contributed by atoms with van der Waals surface area (Å²) in [6, 6.07) is 6.06. The average molecular weight is 363 g/mol. The van der Waals surface area contributed by atoms with Crippen molar-refractivity contribution >= 4 is 17.6 Å². The number of rotatable bonds is 4. The van der Waals surface area contributed by atoms with Crippen LogP contribution in [-0.4, -0.2) is 60.1 Å². The first-order chi connectivity index (χ1) is 12.4. The molecule has 6 nitrogen and oxygen atoms in total. The number of ether oxygens (including phenoxy) is 1. The topological polar surface area (TPSA) is 61.9 Å². The van der Waals surface area contributed by atoms with Crippen molar-refractivity contribution in [3.05, 3.63) is 30.1 Å². The first kappa shape index (κ1) is 18.6. The number of nitrogens with one attached hydrogen (secondary N) is 1. The summed E-state index contributed by atoms with van der Waals surface area (Å²) in [5.41, 5.74) is 0.189. The van der Waals surface area contributed by atoms with Gasteiger partial charge in [-0.3, -0.25) is 4.79 Å². The van der Waals surface area contributed by atoms with Gasteiger partial charge in [-0.2, -0.15) is 0 Å². The van der Waals surface area contributed by atoms with E-state index >= 15 is 0 Å². The zero-order valence-corrected chi connectivity index (χ0v) is 15.4. The van der Waals surface area contributed by atoms with E-state index in [1.54, 1.807) is 30.2 Å².